The SMILES string of the molecule is CCCC(=O)NCCN1CCNC1=O. The highest BCUT2D eigenvalue weighted by Crippen LogP contribution is 1.94. The van der Waals surface area contributed by atoms with Gasteiger partial charge in [-0.25, -0.2) is 4.79 Å². The topological polar surface area (TPSA) is 61.4 Å². The summed E-state index contributed by atoms with van der Waals surface area (Å²) in [5.41, 5.74) is 0. The first kappa shape index (κ1) is 10.8. The van der Waals surface area contributed by atoms with Crippen molar-refractivity contribution in [3.63, 3.8) is 0 Å². The number of carbonyl (C=O) groups excluding carboxylic acids is 2. The summed E-state index contributed by atoms with van der Waals surface area (Å²) in [5.74, 6) is 0.0621. The zero-order valence-corrected chi connectivity index (χ0v) is 8.51. The van der Waals surface area contributed by atoms with Gasteiger partial charge in [0.2, 0.25) is 5.91 Å². The Bertz CT molecular complexity index is 218. The Kier molecular flexibility index (Phi) is 4.22. The first-order chi connectivity index (χ1) is 6.74. The third-order valence-corrected chi connectivity index (χ3v) is 2.13. The Hall–Kier alpha value is -1.26. The van der Waals surface area contributed by atoms with Gasteiger partial charge in [-0.05, 0) is 6.42 Å². The summed E-state index contributed by atoms with van der Waals surface area (Å²) in [6.45, 7) is 4.56. The van der Waals surface area contributed by atoms with Gasteiger partial charge in [0.1, 0.15) is 0 Å². The van der Waals surface area contributed by atoms with E-state index in [1.807, 2.05) is 6.92 Å². The maximum Gasteiger partial charge on any atom is 0.317 e. The zero-order chi connectivity index (χ0) is 10.4. The standard InChI is InChI=1S/C9H17N3O2/c1-2-3-8(13)10-4-6-12-7-5-11-9(12)14/h2-7H2,1H3,(H,10,13)(H,11,14). The van der Waals surface area contributed by atoms with Crippen molar-refractivity contribution in [2.45, 2.75) is 19.8 Å². The fraction of sp³-hybridized carbons (Fsp3) is 0.778. The molecule has 0 bridgehead atoms. The summed E-state index contributed by atoms with van der Waals surface area (Å²) in [6.07, 6.45) is 1.42. The predicted octanol–water partition coefficient (Wildman–Crippen LogP) is -0.0721. The van der Waals surface area contributed by atoms with Crippen LogP contribution in [0.25, 0.3) is 0 Å². The lowest BCUT2D eigenvalue weighted by Gasteiger charge is -2.13. The molecule has 80 valence electrons. The summed E-state index contributed by atoms with van der Waals surface area (Å²) in [7, 11) is 0. The monoisotopic (exact) mass is 199 g/mol. The van der Waals surface area contributed by atoms with Crippen LogP contribution in [0.15, 0.2) is 0 Å². The highest BCUT2D eigenvalue weighted by Gasteiger charge is 2.18. The highest BCUT2D eigenvalue weighted by molar-refractivity contribution is 5.77. The molecule has 0 atom stereocenters. The Balaban J connectivity index is 2.08. The van der Waals surface area contributed by atoms with Gasteiger partial charge in [0.25, 0.3) is 0 Å². The van der Waals surface area contributed by atoms with Gasteiger partial charge in [-0.1, -0.05) is 6.92 Å². The lowest BCUT2D eigenvalue weighted by Crippen LogP contribution is -2.36. The normalized spacial score (nSPS) is 15.5. The lowest BCUT2D eigenvalue weighted by molar-refractivity contribution is -0.121. The number of hydrogen-bond donors (Lipinski definition) is 2. The molecule has 0 spiro atoms. The maximum absolute atomic E-state index is 11.1. The van der Waals surface area contributed by atoms with Crippen molar-refractivity contribution in [2.24, 2.45) is 0 Å². The molecule has 0 aliphatic carbocycles. The van der Waals surface area contributed by atoms with Crippen LogP contribution in [-0.4, -0.2) is 43.0 Å². The van der Waals surface area contributed by atoms with Crippen LogP contribution in [0.4, 0.5) is 4.79 Å². The van der Waals surface area contributed by atoms with Gasteiger partial charge >= 0.3 is 6.03 Å². The van der Waals surface area contributed by atoms with Gasteiger partial charge in [0.15, 0.2) is 0 Å². The van der Waals surface area contributed by atoms with E-state index in [0.717, 1.165) is 13.0 Å². The number of nitrogens with one attached hydrogen (secondary N) is 2. The molecular formula is C9H17N3O2. The van der Waals surface area contributed by atoms with E-state index in [9.17, 15) is 9.59 Å². The Morgan fingerprint density at radius 1 is 1.64 bits per heavy atom. The molecule has 5 nitrogen and oxygen atoms in total. The molecule has 0 aromatic carbocycles. The molecule has 1 aliphatic rings. The van der Waals surface area contributed by atoms with Crippen molar-refractivity contribution in [3.8, 4) is 0 Å². The first-order valence-electron chi connectivity index (χ1n) is 5.03. The molecule has 5 heteroatoms. The Labute approximate surface area is 83.8 Å². The highest BCUT2D eigenvalue weighted by atomic mass is 16.2. The molecule has 14 heavy (non-hydrogen) atoms. The number of urea groups is 1. The molecule has 2 N–H and O–H groups in total. The average Bonchev–Trinajstić information content (AvgIpc) is 2.52. The Morgan fingerprint density at radius 2 is 2.43 bits per heavy atom. The van der Waals surface area contributed by atoms with E-state index in [1.54, 1.807) is 4.90 Å². The summed E-state index contributed by atoms with van der Waals surface area (Å²) in [4.78, 5) is 23.8. The van der Waals surface area contributed by atoms with E-state index >= 15 is 0 Å². The average molecular weight is 199 g/mol. The third kappa shape index (κ3) is 3.24. The number of carbonyl (C=O) groups is 2. The number of amides is 3. The molecule has 1 saturated heterocycles. The molecule has 0 unspecified atom stereocenters. The van der Waals surface area contributed by atoms with Crippen molar-refractivity contribution < 1.29 is 9.59 Å². The smallest absolute Gasteiger partial charge is 0.317 e. The van der Waals surface area contributed by atoms with Gasteiger partial charge in [-0.2, -0.15) is 0 Å². The minimum absolute atomic E-state index is 0.0326. The second kappa shape index (κ2) is 5.47. The summed E-state index contributed by atoms with van der Waals surface area (Å²) in [5, 5.41) is 5.48. The number of nitrogens with zero attached hydrogens (tertiary/aromatic N) is 1. The van der Waals surface area contributed by atoms with E-state index in [4.69, 9.17) is 0 Å². The quantitative estimate of drug-likeness (QED) is 0.651. The van der Waals surface area contributed by atoms with Crippen LogP contribution >= 0.6 is 0 Å². The molecule has 1 rings (SSSR count). The summed E-state index contributed by atoms with van der Waals surface area (Å²) in [6, 6.07) is -0.0326. The van der Waals surface area contributed by atoms with Crippen molar-refractivity contribution >= 4 is 11.9 Å². The molecule has 0 aromatic heterocycles. The van der Waals surface area contributed by atoms with Crippen molar-refractivity contribution in [3.05, 3.63) is 0 Å². The van der Waals surface area contributed by atoms with Crippen LogP contribution in [0.3, 0.4) is 0 Å². The molecular weight excluding hydrogens is 182 g/mol. The summed E-state index contributed by atoms with van der Waals surface area (Å²) >= 11 is 0. The number of rotatable bonds is 5. The van der Waals surface area contributed by atoms with Gasteiger partial charge in [0.05, 0.1) is 0 Å². The molecule has 0 saturated carbocycles. The van der Waals surface area contributed by atoms with Crippen LogP contribution in [0.1, 0.15) is 19.8 Å². The number of hydrogen-bond acceptors (Lipinski definition) is 2. The lowest BCUT2D eigenvalue weighted by atomic mass is 10.3. The van der Waals surface area contributed by atoms with Gasteiger partial charge in [0, 0.05) is 32.6 Å². The first-order valence-corrected chi connectivity index (χ1v) is 5.03. The molecule has 0 radical (unpaired) electrons. The minimum atomic E-state index is -0.0326. The van der Waals surface area contributed by atoms with Crippen LogP contribution in [0.2, 0.25) is 0 Å². The van der Waals surface area contributed by atoms with Gasteiger partial charge in [-0.3, -0.25) is 4.79 Å². The predicted molar refractivity (Wildman–Crippen MR) is 52.9 cm³/mol. The molecule has 0 aromatic rings. The van der Waals surface area contributed by atoms with Crippen molar-refractivity contribution in [1.29, 1.82) is 0 Å². The molecule has 1 heterocycles. The van der Waals surface area contributed by atoms with Crippen molar-refractivity contribution in [2.75, 3.05) is 26.2 Å². The van der Waals surface area contributed by atoms with Crippen LogP contribution in [0.5, 0.6) is 0 Å². The van der Waals surface area contributed by atoms with Crippen LogP contribution in [0, 0.1) is 0 Å². The van der Waals surface area contributed by atoms with Crippen molar-refractivity contribution in [1.82, 2.24) is 15.5 Å². The fourth-order valence-electron chi connectivity index (χ4n) is 1.37. The largest absolute Gasteiger partial charge is 0.354 e. The van der Waals surface area contributed by atoms with Crippen LogP contribution in [-0.2, 0) is 4.79 Å². The zero-order valence-electron chi connectivity index (χ0n) is 8.51. The molecule has 1 fully saturated rings. The van der Waals surface area contributed by atoms with E-state index < -0.39 is 0 Å². The molecule has 3 amide bonds. The van der Waals surface area contributed by atoms with E-state index in [-0.39, 0.29) is 11.9 Å². The van der Waals surface area contributed by atoms with E-state index in [0.29, 0.717) is 26.1 Å². The van der Waals surface area contributed by atoms with E-state index in [2.05, 4.69) is 10.6 Å². The van der Waals surface area contributed by atoms with Gasteiger partial charge in [-0.15, -0.1) is 0 Å². The van der Waals surface area contributed by atoms with Gasteiger partial charge < -0.3 is 15.5 Å². The Morgan fingerprint density at radius 3 is 3.00 bits per heavy atom. The third-order valence-electron chi connectivity index (χ3n) is 2.13. The van der Waals surface area contributed by atoms with Crippen LogP contribution < -0.4 is 10.6 Å². The fourth-order valence-corrected chi connectivity index (χ4v) is 1.37. The maximum atomic E-state index is 11.1. The minimum Gasteiger partial charge on any atom is -0.354 e. The second-order valence-electron chi connectivity index (χ2n) is 3.32. The summed E-state index contributed by atoms with van der Waals surface area (Å²) < 4.78 is 0. The van der Waals surface area contributed by atoms with E-state index in [1.165, 1.54) is 0 Å². The molecule has 1 aliphatic heterocycles. The second-order valence-corrected chi connectivity index (χ2v) is 3.32.